The number of unbranched alkanes of at least 4 members (excludes halogenated alkanes) is 1. The highest BCUT2D eigenvalue weighted by Crippen LogP contribution is 2.15. The molecule has 6 nitrogen and oxygen atoms in total. The van der Waals surface area contributed by atoms with E-state index in [1.807, 2.05) is 0 Å². The van der Waals surface area contributed by atoms with Crippen molar-refractivity contribution in [3.63, 3.8) is 0 Å². The number of fused-ring (bicyclic) bond motifs is 1. The molecule has 2 rings (SSSR count). The first-order valence-electron chi connectivity index (χ1n) is 5.56. The molecule has 0 amide bonds. The molecule has 0 bridgehead atoms. The van der Waals surface area contributed by atoms with Crippen LogP contribution >= 0.6 is 15.9 Å². The average Bonchev–Trinajstić information content (AvgIpc) is 2.68. The number of hydrogen-bond acceptors (Lipinski definition) is 4. The summed E-state index contributed by atoms with van der Waals surface area (Å²) in [6, 6.07) is 1.54. The number of aromatic nitrogens is 3. The van der Waals surface area contributed by atoms with Crippen molar-refractivity contribution in [2.24, 2.45) is 0 Å². The van der Waals surface area contributed by atoms with Crippen LogP contribution in [0.5, 0.6) is 0 Å². The van der Waals surface area contributed by atoms with Crippen LogP contribution in [0, 0.1) is 0 Å². The molecule has 0 atom stereocenters. The van der Waals surface area contributed by atoms with Gasteiger partial charge >= 0.3 is 0 Å². The largest absolute Gasteiger partial charge is 0.274 e. The third kappa shape index (κ3) is 2.79. The van der Waals surface area contributed by atoms with Gasteiger partial charge in [0.2, 0.25) is 0 Å². The number of allylic oxidation sites excluding steroid dienone is 1. The van der Waals surface area contributed by atoms with Crippen molar-refractivity contribution in [1.29, 1.82) is 0 Å². The van der Waals surface area contributed by atoms with Gasteiger partial charge < -0.3 is 0 Å². The van der Waals surface area contributed by atoms with Crippen LogP contribution < -0.4 is 5.56 Å². The molecule has 2 aromatic heterocycles. The van der Waals surface area contributed by atoms with Gasteiger partial charge in [0.25, 0.3) is 15.6 Å². The second kappa shape index (κ2) is 5.30. The molecule has 0 fully saturated rings. The highest BCUT2D eigenvalue weighted by molar-refractivity contribution is 9.10. The molecule has 0 unspecified atom stereocenters. The number of hydrogen-bond donors (Lipinski definition) is 1. The van der Waals surface area contributed by atoms with E-state index in [1.54, 1.807) is 6.08 Å². The SMILES string of the molecule is C=CCCCS(=O)(=O)n1[nH]c(=O)c2cc(Br)cnc21. The molecule has 0 aromatic carbocycles. The zero-order chi connectivity index (χ0) is 14.0. The quantitative estimate of drug-likeness (QED) is 0.659. The van der Waals surface area contributed by atoms with Crippen LogP contribution in [0.3, 0.4) is 0 Å². The van der Waals surface area contributed by atoms with Gasteiger partial charge in [-0.3, -0.25) is 4.79 Å². The van der Waals surface area contributed by atoms with Crippen LogP contribution in [0.1, 0.15) is 12.8 Å². The van der Waals surface area contributed by atoms with Gasteiger partial charge in [-0.25, -0.2) is 18.5 Å². The molecule has 0 saturated carbocycles. The Kier molecular flexibility index (Phi) is 3.91. The van der Waals surface area contributed by atoms with Crippen LogP contribution in [0.25, 0.3) is 11.0 Å². The highest BCUT2D eigenvalue weighted by Gasteiger charge is 2.19. The summed E-state index contributed by atoms with van der Waals surface area (Å²) in [7, 11) is -3.62. The minimum absolute atomic E-state index is 0.0729. The number of nitrogens with zero attached hydrogens (tertiary/aromatic N) is 2. The first kappa shape index (κ1) is 14.0. The number of H-pyrrole nitrogens is 1. The molecule has 0 aliphatic rings. The average molecular weight is 346 g/mol. The number of aromatic amines is 1. The maximum absolute atomic E-state index is 12.1. The molecule has 0 spiro atoms. The van der Waals surface area contributed by atoms with Crippen LogP contribution in [0.4, 0.5) is 0 Å². The van der Waals surface area contributed by atoms with Crippen molar-refractivity contribution < 1.29 is 8.42 Å². The van der Waals surface area contributed by atoms with Gasteiger partial charge in [0.05, 0.1) is 11.1 Å². The van der Waals surface area contributed by atoms with E-state index >= 15 is 0 Å². The lowest BCUT2D eigenvalue weighted by molar-refractivity contribution is 0.578. The summed E-state index contributed by atoms with van der Waals surface area (Å²) in [4.78, 5) is 15.7. The summed E-state index contributed by atoms with van der Waals surface area (Å²) >= 11 is 3.19. The summed E-state index contributed by atoms with van der Waals surface area (Å²) < 4.78 is 25.7. The predicted octanol–water partition coefficient (Wildman–Crippen LogP) is 1.63. The van der Waals surface area contributed by atoms with E-state index in [4.69, 9.17) is 0 Å². The Morgan fingerprint density at radius 1 is 1.53 bits per heavy atom. The van der Waals surface area contributed by atoms with Gasteiger partial charge in [-0.15, -0.1) is 6.58 Å². The second-order valence-corrected chi connectivity index (χ2v) is 6.83. The van der Waals surface area contributed by atoms with E-state index < -0.39 is 15.6 Å². The maximum Gasteiger partial charge on any atom is 0.274 e. The number of halogens is 1. The van der Waals surface area contributed by atoms with E-state index in [0.29, 0.717) is 17.3 Å². The Hall–Kier alpha value is -1.41. The maximum atomic E-state index is 12.1. The lowest BCUT2D eigenvalue weighted by atomic mass is 10.3. The molecule has 2 aromatic rings. The molecule has 0 radical (unpaired) electrons. The second-order valence-electron chi connectivity index (χ2n) is 3.98. The Morgan fingerprint density at radius 3 is 2.95 bits per heavy atom. The van der Waals surface area contributed by atoms with Gasteiger partial charge in [-0.2, -0.15) is 4.09 Å². The third-order valence-corrected chi connectivity index (χ3v) is 4.62. The van der Waals surface area contributed by atoms with Crippen LogP contribution in [0.2, 0.25) is 0 Å². The summed E-state index contributed by atoms with van der Waals surface area (Å²) in [5, 5.41) is 2.55. The highest BCUT2D eigenvalue weighted by atomic mass is 79.9. The standard InChI is InChI=1S/C11H12BrN3O3S/c1-2-3-4-5-19(17,18)15-10-9(11(16)14-15)6-8(12)7-13-10/h2,6-7H,1,3-5H2,(H,14,16). The van der Waals surface area contributed by atoms with Gasteiger partial charge in [0.15, 0.2) is 5.65 Å². The molecule has 1 N–H and O–H groups in total. The van der Waals surface area contributed by atoms with Gasteiger partial charge in [-0.05, 0) is 34.8 Å². The zero-order valence-electron chi connectivity index (χ0n) is 9.97. The van der Waals surface area contributed by atoms with Gasteiger partial charge in [0, 0.05) is 10.7 Å². The Bertz CT molecular complexity index is 776. The van der Waals surface area contributed by atoms with Crippen molar-refractivity contribution in [2.75, 3.05) is 5.75 Å². The normalized spacial score (nSPS) is 11.8. The van der Waals surface area contributed by atoms with E-state index in [2.05, 4.69) is 32.6 Å². The molecule has 102 valence electrons. The first-order valence-corrected chi connectivity index (χ1v) is 7.96. The van der Waals surface area contributed by atoms with Crippen molar-refractivity contribution >= 4 is 37.0 Å². The van der Waals surface area contributed by atoms with Gasteiger partial charge in [-0.1, -0.05) is 6.08 Å². The van der Waals surface area contributed by atoms with E-state index in [-0.39, 0.29) is 16.8 Å². The Labute approximate surface area is 118 Å². The Balaban J connectivity index is 2.51. The smallest absolute Gasteiger partial charge is 0.267 e. The first-order chi connectivity index (χ1) is 8.95. The fourth-order valence-electron chi connectivity index (χ4n) is 1.67. The number of pyridine rings is 1. The van der Waals surface area contributed by atoms with Crippen LogP contribution in [-0.2, 0) is 10.0 Å². The summed E-state index contributed by atoms with van der Waals surface area (Å²) in [6.45, 7) is 3.54. The minimum Gasteiger partial charge on any atom is -0.267 e. The van der Waals surface area contributed by atoms with E-state index in [0.717, 1.165) is 4.09 Å². The molecular weight excluding hydrogens is 334 g/mol. The number of rotatable bonds is 5. The van der Waals surface area contributed by atoms with E-state index in [9.17, 15) is 13.2 Å². The third-order valence-electron chi connectivity index (χ3n) is 2.56. The van der Waals surface area contributed by atoms with E-state index in [1.165, 1.54) is 12.3 Å². The summed E-state index contributed by atoms with van der Waals surface area (Å²) in [5.74, 6) is -0.0729. The minimum atomic E-state index is -3.62. The van der Waals surface area contributed by atoms with Gasteiger partial charge in [0.1, 0.15) is 0 Å². The zero-order valence-corrected chi connectivity index (χ0v) is 12.4. The fraction of sp³-hybridized carbons (Fsp3) is 0.273. The topological polar surface area (TPSA) is 84.8 Å². The van der Waals surface area contributed by atoms with Crippen molar-refractivity contribution in [3.8, 4) is 0 Å². The van der Waals surface area contributed by atoms with Crippen molar-refractivity contribution in [3.05, 3.63) is 39.7 Å². The lowest BCUT2D eigenvalue weighted by Crippen LogP contribution is -2.20. The lowest BCUT2D eigenvalue weighted by Gasteiger charge is -2.04. The summed E-state index contributed by atoms with van der Waals surface area (Å²) in [6.07, 6.45) is 4.15. The van der Waals surface area contributed by atoms with Crippen LogP contribution in [-0.4, -0.2) is 28.3 Å². The Morgan fingerprint density at radius 2 is 2.26 bits per heavy atom. The molecule has 0 aliphatic carbocycles. The molecule has 0 saturated heterocycles. The van der Waals surface area contributed by atoms with Crippen molar-refractivity contribution in [2.45, 2.75) is 12.8 Å². The molecule has 8 heteroatoms. The fourth-order valence-corrected chi connectivity index (χ4v) is 3.35. The number of nitrogens with one attached hydrogen (secondary N) is 1. The molecule has 0 aliphatic heterocycles. The molecule has 2 heterocycles. The monoisotopic (exact) mass is 345 g/mol. The van der Waals surface area contributed by atoms with Crippen molar-refractivity contribution in [1.82, 2.24) is 14.2 Å². The molecule has 19 heavy (non-hydrogen) atoms. The van der Waals surface area contributed by atoms with Crippen LogP contribution in [0.15, 0.2) is 34.2 Å². The summed E-state index contributed by atoms with van der Waals surface area (Å²) in [5.41, 5.74) is -0.358. The molecular formula is C11H12BrN3O3S. The predicted molar refractivity (Wildman–Crippen MR) is 76.7 cm³/mol.